The van der Waals surface area contributed by atoms with Crippen molar-refractivity contribution >= 4 is 21.6 Å². The van der Waals surface area contributed by atoms with E-state index in [0.29, 0.717) is 43.4 Å². The summed E-state index contributed by atoms with van der Waals surface area (Å²) < 4.78 is 36.9. The Morgan fingerprint density at radius 2 is 1.80 bits per heavy atom. The predicted octanol–water partition coefficient (Wildman–Crippen LogP) is 2.92. The van der Waals surface area contributed by atoms with Crippen molar-refractivity contribution < 1.29 is 22.7 Å². The van der Waals surface area contributed by atoms with Crippen molar-refractivity contribution in [1.82, 2.24) is 5.32 Å². The van der Waals surface area contributed by atoms with Gasteiger partial charge in [0.25, 0.3) is 0 Å². The summed E-state index contributed by atoms with van der Waals surface area (Å²) in [5.74, 6) is 1.25. The molecule has 0 saturated carbocycles. The molecule has 2 aromatic carbocycles. The monoisotopic (exact) mass is 432 g/mol. The van der Waals surface area contributed by atoms with E-state index in [2.05, 4.69) is 12.2 Å². The van der Waals surface area contributed by atoms with Crippen molar-refractivity contribution in [3.05, 3.63) is 54.1 Å². The number of rotatable bonds is 9. The first-order valence-corrected chi connectivity index (χ1v) is 11.9. The first-order chi connectivity index (χ1) is 14.3. The Morgan fingerprint density at radius 3 is 2.50 bits per heavy atom. The largest absolute Gasteiger partial charge is 0.486 e. The average molecular weight is 433 g/mol. The van der Waals surface area contributed by atoms with Gasteiger partial charge in [-0.15, -0.1) is 0 Å². The fourth-order valence-electron chi connectivity index (χ4n) is 3.31. The molecule has 1 aliphatic rings. The van der Waals surface area contributed by atoms with Crippen LogP contribution < -0.4 is 19.1 Å². The van der Waals surface area contributed by atoms with Crippen LogP contribution >= 0.6 is 0 Å². The third kappa shape index (κ3) is 5.89. The van der Waals surface area contributed by atoms with Gasteiger partial charge in [-0.05, 0) is 30.0 Å². The molecule has 0 fully saturated rings. The molecule has 1 aliphatic heterocycles. The van der Waals surface area contributed by atoms with Crippen molar-refractivity contribution in [3.8, 4) is 11.5 Å². The second-order valence-electron chi connectivity index (χ2n) is 7.38. The van der Waals surface area contributed by atoms with Crippen LogP contribution in [0.25, 0.3) is 0 Å². The second kappa shape index (κ2) is 9.84. The lowest BCUT2D eigenvalue weighted by atomic mass is 10.0. The fraction of sp³-hybridized carbons (Fsp3) is 0.409. The number of nitrogens with one attached hydrogen (secondary N) is 1. The third-order valence-electron chi connectivity index (χ3n) is 4.95. The molecule has 2 aromatic rings. The molecular formula is C22H28N2O5S. The Labute approximate surface area is 178 Å². The Bertz CT molecular complexity index is 963. The Hall–Kier alpha value is -2.74. The molecule has 1 heterocycles. The molecule has 162 valence electrons. The lowest BCUT2D eigenvalue weighted by Gasteiger charge is -2.25. The summed E-state index contributed by atoms with van der Waals surface area (Å²) in [5.41, 5.74) is 1.67. The van der Waals surface area contributed by atoms with Gasteiger partial charge < -0.3 is 14.8 Å². The van der Waals surface area contributed by atoms with Crippen LogP contribution in [0.1, 0.15) is 31.2 Å². The van der Waals surface area contributed by atoms with E-state index in [9.17, 15) is 13.2 Å². The molecule has 0 radical (unpaired) electrons. The van der Waals surface area contributed by atoms with E-state index in [4.69, 9.17) is 9.47 Å². The highest BCUT2D eigenvalue weighted by Crippen LogP contribution is 2.34. The molecule has 0 aromatic heterocycles. The van der Waals surface area contributed by atoms with Crippen LogP contribution in [0.15, 0.2) is 48.5 Å². The van der Waals surface area contributed by atoms with Gasteiger partial charge in [-0.2, -0.15) is 0 Å². The Balaban J connectivity index is 1.53. The molecule has 30 heavy (non-hydrogen) atoms. The van der Waals surface area contributed by atoms with Gasteiger partial charge in [0.15, 0.2) is 11.5 Å². The van der Waals surface area contributed by atoms with Crippen LogP contribution in [-0.2, 0) is 14.8 Å². The Kier molecular flexibility index (Phi) is 7.20. The number of ether oxygens (including phenoxy) is 2. The van der Waals surface area contributed by atoms with Crippen molar-refractivity contribution in [3.63, 3.8) is 0 Å². The zero-order valence-electron chi connectivity index (χ0n) is 17.3. The average Bonchev–Trinajstić information content (AvgIpc) is 2.74. The van der Waals surface area contributed by atoms with Gasteiger partial charge in [0.1, 0.15) is 13.2 Å². The maximum atomic E-state index is 12.3. The molecule has 7 nitrogen and oxygen atoms in total. The zero-order chi connectivity index (χ0) is 21.6. The van der Waals surface area contributed by atoms with E-state index in [1.807, 2.05) is 30.3 Å². The first kappa shape index (κ1) is 22.0. The fourth-order valence-corrected chi connectivity index (χ4v) is 4.27. The van der Waals surface area contributed by atoms with Gasteiger partial charge in [-0.25, -0.2) is 8.42 Å². The summed E-state index contributed by atoms with van der Waals surface area (Å²) in [7, 11) is -3.50. The number of hydrogen-bond donors (Lipinski definition) is 1. The number of benzene rings is 2. The maximum Gasteiger partial charge on any atom is 0.232 e. The van der Waals surface area contributed by atoms with Gasteiger partial charge in [0.2, 0.25) is 15.9 Å². The SMILES string of the molecule is C[C@@H](CNC(=O)CCCN(c1ccc2c(c1)OCCO2)S(C)(=O)=O)c1ccccc1. The zero-order valence-corrected chi connectivity index (χ0v) is 18.2. The van der Waals surface area contributed by atoms with Crippen molar-refractivity contribution in [2.24, 2.45) is 0 Å². The minimum absolute atomic E-state index is 0.0894. The summed E-state index contributed by atoms with van der Waals surface area (Å²) >= 11 is 0. The second-order valence-corrected chi connectivity index (χ2v) is 9.29. The quantitative estimate of drug-likeness (QED) is 0.659. The molecule has 0 aliphatic carbocycles. The number of anilines is 1. The topological polar surface area (TPSA) is 84.9 Å². The number of carbonyl (C=O) groups excluding carboxylic acids is 1. The highest BCUT2D eigenvalue weighted by molar-refractivity contribution is 7.92. The molecule has 0 spiro atoms. The standard InChI is InChI=1S/C22H28N2O5S/c1-17(18-7-4-3-5-8-18)16-23-22(25)9-6-12-24(30(2,26)27)19-10-11-20-21(15-19)29-14-13-28-20/h3-5,7-8,10-11,15,17H,6,9,12-14,16H2,1-2H3,(H,23,25)/t17-/m0/s1. The lowest BCUT2D eigenvalue weighted by molar-refractivity contribution is -0.121. The number of nitrogens with zero attached hydrogens (tertiary/aromatic N) is 1. The molecule has 3 rings (SSSR count). The molecule has 8 heteroatoms. The summed E-state index contributed by atoms with van der Waals surface area (Å²) in [6.07, 6.45) is 1.82. The molecule has 0 unspecified atom stereocenters. The summed E-state index contributed by atoms with van der Waals surface area (Å²) in [5, 5.41) is 2.93. The molecule has 0 saturated heterocycles. The lowest BCUT2D eigenvalue weighted by Crippen LogP contribution is -2.33. The predicted molar refractivity (Wildman–Crippen MR) is 117 cm³/mol. The molecule has 1 N–H and O–H groups in total. The summed E-state index contributed by atoms with van der Waals surface area (Å²) in [6.45, 7) is 3.71. The first-order valence-electron chi connectivity index (χ1n) is 10.0. The highest BCUT2D eigenvalue weighted by Gasteiger charge is 2.21. The van der Waals surface area contributed by atoms with Gasteiger partial charge >= 0.3 is 0 Å². The maximum absolute atomic E-state index is 12.3. The van der Waals surface area contributed by atoms with Crippen LogP contribution in [0.5, 0.6) is 11.5 Å². The van der Waals surface area contributed by atoms with Crippen molar-refractivity contribution in [2.75, 3.05) is 36.9 Å². The molecular weight excluding hydrogens is 404 g/mol. The van der Waals surface area contributed by atoms with Crippen molar-refractivity contribution in [2.45, 2.75) is 25.7 Å². The van der Waals surface area contributed by atoms with E-state index < -0.39 is 10.0 Å². The third-order valence-corrected chi connectivity index (χ3v) is 6.15. The molecule has 1 amide bonds. The van der Waals surface area contributed by atoms with E-state index in [0.717, 1.165) is 6.26 Å². The van der Waals surface area contributed by atoms with Gasteiger partial charge in [0.05, 0.1) is 11.9 Å². The number of sulfonamides is 1. The normalized spacial score (nSPS) is 14.1. The van der Waals surface area contributed by atoms with Crippen LogP contribution in [0.3, 0.4) is 0 Å². The van der Waals surface area contributed by atoms with Crippen LogP contribution in [0.2, 0.25) is 0 Å². The molecule has 1 atom stereocenters. The minimum atomic E-state index is -3.50. The summed E-state index contributed by atoms with van der Waals surface area (Å²) in [4.78, 5) is 12.2. The summed E-state index contributed by atoms with van der Waals surface area (Å²) in [6, 6.07) is 15.1. The smallest absolute Gasteiger partial charge is 0.232 e. The van der Waals surface area contributed by atoms with Crippen LogP contribution in [0.4, 0.5) is 5.69 Å². The number of hydrogen-bond acceptors (Lipinski definition) is 5. The van der Waals surface area contributed by atoms with Crippen LogP contribution in [0, 0.1) is 0 Å². The molecule has 0 bridgehead atoms. The minimum Gasteiger partial charge on any atom is -0.486 e. The van der Waals surface area contributed by atoms with Gasteiger partial charge in [-0.1, -0.05) is 37.3 Å². The van der Waals surface area contributed by atoms with E-state index in [1.54, 1.807) is 18.2 Å². The van der Waals surface area contributed by atoms with E-state index >= 15 is 0 Å². The van der Waals surface area contributed by atoms with Crippen LogP contribution in [-0.4, -0.2) is 46.9 Å². The van der Waals surface area contributed by atoms with Crippen molar-refractivity contribution in [1.29, 1.82) is 0 Å². The number of fused-ring (bicyclic) bond motifs is 1. The van der Waals surface area contributed by atoms with Gasteiger partial charge in [-0.3, -0.25) is 9.10 Å². The number of carbonyl (C=O) groups is 1. The van der Waals surface area contributed by atoms with Gasteiger partial charge in [0, 0.05) is 25.6 Å². The number of amides is 1. The Morgan fingerprint density at radius 1 is 1.10 bits per heavy atom. The highest BCUT2D eigenvalue weighted by atomic mass is 32.2. The van der Waals surface area contributed by atoms with E-state index in [-0.39, 0.29) is 24.8 Å². The van der Waals surface area contributed by atoms with E-state index in [1.165, 1.54) is 9.87 Å².